The molecular weight excluding hydrogens is 364 g/mol. The van der Waals surface area contributed by atoms with Crippen LogP contribution in [0.1, 0.15) is 13.3 Å². The van der Waals surface area contributed by atoms with Crippen molar-refractivity contribution in [2.24, 2.45) is 0 Å². The average Bonchev–Trinajstić information content (AvgIpc) is 2.96. The normalized spacial score (nSPS) is 16.5. The zero-order valence-corrected chi connectivity index (χ0v) is 15.7. The van der Waals surface area contributed by atoms with Crippen LogP contribution in [-0.4, -0.2) is 35.3 Å². The van der Waals surface area contributed by atoms with Gasteiger partial charge in [0.2, 0.25) is 17.7 Å². The number of thioether (sulfide) groups is 1. The summed E-state index contributed by atoms with van der Waals surface area (Å²) in [7, 11) is 0. The third kappa shape index (κ3) is 4.49. The zero-order valence-electron chi connectivity index (χ0n) is 14.9. The maximum Gasteiger partial charge on any atom is 0.247 e. The van der Waals surface area contributed by atoms with Crippen molar-refractivity contribution < 1.29 is 19.1 Å². The highest BCUT2D eigenvalue weighted by molar-refractivity contribution is 8.01. The summed E-state index contributed by atoms with van der Waals surface area (Å²) in [6, 6.07) is 16.0. The first kappa shape index (κ1) is 19.0. The van der Waals surface area contributed by atoms with Crippen LogP contribution in [0.5, 0.6) is 5.75 Å². The first-order chi connectivity index (χ1) is 13.1. The lowest BCUT2D eigenvalue weighted by molar-refractivity contribution is -0.121. The van der Waals surface area contributed by atoms with Crippen LogP contribution in [0.4, 0.5) is 11.4 Å². The lowest BCUT2D eigenvalue weighted by Gasteiger charge is -2.15. The van der Waals surface area contributed by atoms with E-state index in [1.807, 2.05) is 25.1 Å². The van der Waals surface area contributed by atoms with Crippen LogP contribution in [0, 0.1) is 0 Å². The summed E-state index contributed by atoms with van der Waals surface area (Å²) in [5, 5.41) is 2.24. The molecule has 1 atom stereocenters. The third-order valence-electron chi connectivity index (χ3n) is 4.00. The first-order valence-corrected chi connectivity index (χ1v) is 9.70. The largest absolute Gasteiger partial charge is 0.492 e. The lowest BCUT2D eigenvalue weighted by Crippen LogP contribution is -2.31. The van der Waals surface area contributed by atoms with Crippen LogP contribution >= 0.6 is 11.8 Å². The fourth-order valence-corrected chi connectivity index (χ4v) is 3.73. The number of benzene rings is 2. The summed E-state index contributed by atoms with van der Waals surface area (Å²) in [6.07, 6.45) is 0.0984. The molecule has 0 saturated carbocycles. The summed E-state index contributed by atoms with van der Waals surface area (Å²) < 4.78 is 5.48. The Kier molecular flexibility index (Phi) is 6.13. The van der Waals surface area contributed by atoms with Crippen molar-refractivity contribution in [2.75, 3.05) is 22.6 Å². The van der Waals surface area contributed by atoms with E-state index >= 15 is 0 Å². The summed E-state index contributed by atoms with van der Waals surface area (Å²) >= 11 is 1.18. The van der Waals surface area contributed by atoms with Gasteiger partial charge in [0.05, 0.1) is 29.0 Å². The smallest absolute Gasteiger partial charge is 0.247 e. The predicted octanol–water partition coefficient (Wildman–Crippen LogP) is 3.09. The molecule has 0 radical (unpaired) electrons. The SMILES string of the molecule is CCOc1ccccc1NC(=O)CS[C@H]1CC(=O)N(c2ccccc2)C1=O. The fraction of sp³-hybridized carbons (Fsp3) is 0.250. The summed E-state index contributed by atoms with van der Waals surface area (Å²) in [6.45, 7) is 2.37. The van der Waals surface area contributed by atoms with Gasteiger partial charge >= 0.3 is 0 Å². The van der Waals surface area contributed by atoms with Gasteiger partial charge in [-0.25, -0.2) is 4.90 Å². The van der Waals surface area contributed by atoms with Crippen molar-refractivity contribution in [2.45, 2.75) is 18.6 Å². The average molecular weight is 384 g/mol. The molecule has 7 heteroatoms. The van der Waals surface area contributed by atoms with E-state index in [2.05, 4.69) is 5.32 Å². The number of rotatable bonds is 7. The van der Waals surface area contributed by atoms with Crippen LogP contribution in [0.2, 0.25) is 0 Å². The standard InChI is InChI=1S/C20H20N2O4S/c1-2-26-16-11-7-6-10-15(16)21-18(23)13-27-17-12-19(24)22(20(17)25)14-8-4-3-5-9-14/h3-11,17H,2,12-13H2,1H3,(H,21,23)/t17-/m0/s1. The van der Waals surface area contributed by atoms with Gasteiger partial charge in [0, 0.05) is 6.42 Å². The third-order valence-corrected chi connectivity index (χ3v) is 5.20. The van der Waals surface area contributed by atoms with Crippen molar-refractivity contribution in [1.29, 1.82) is 0 Å². The highest BCUT2D eigenvalue weighted by Gasteiger charge is 2.39. The number of hydrogen-bond acceptors (Lipinski definition) is 5. The number of amides is 3. The Labute approximate surface area is 161 Å². The number of hydrogen-bond donors (Lipinski definition) is 1. The molecule has 0 aliphatic carbocycles. The van der Waals surface area contributed by atoms with Crippen molar-refractivity contribution in [1.82, 2.24) is 0 Å². The van der Waals surface area contributed by atoms with Crippen molar-refractivity contribution >= 4 is 40.9 Å². The number of para-hydroxylation sites is 3. The molecule has 0 spiro atoms. The van der Waals surface area contributed by atoms with Gasteiger partial charge in [-0.05, 0) is 31.2 Å². The van der Waals surface area contributed by atoms with E-state index in [9.17, 15) is 14.4 Å². The monoisotopic (exact) mass is 384 g/mol. The van der Waals surface area contributed by atoms with E-state index in [0.29, 0.717) is 23.7 Å². The van der Waals surface area contributed by atoms with Crippen LogP contribution in [0.3, 0.4) is 0 Å². The summed E-state index contributed by atoms with van der Waals surface area (Å²) in [5.74, 6) is -0.0944. The molecule has 3 amide bonds. The van der Waals surface area contributed by atoms with Gasteiger partial charge < -0.3 is 10.1 Å². The van der Waals surface area contributed by atoms with Gasteiger partial charge in [-0.15, -0.1) is 11.8 Å². The Morgan fingerprint density at radius 2 is 1.85 bits per heavy atom. The van der Waals surface area contributed by atoms with E-state index in [1.165, 1.54) is 16.7 Å². The number of carbonyl (C=O) groups is 3. The van der Waals surface area contributed by atoms with Gasteiger partial charge in [-0.3, -0.25) is 14.4 Å². The minimum atomic E-state index is -0.550. The van der Waals surface area contributed by atoms with Crippen LogP contribution in [0.15, 0.2) is 54.6 Å². The van der Waals surface area contributed by atoms with Gasteiger partial charge in [-0.2, -0.15) is 0 Å². The number of nitrogens with one attached hydrogen (secondary N) is 1. The van der Waals surface area contributed by atoms with E-state index in [0.717, 1.165) is 0 Å². The van der Waals surface area contributed by atoms with Crippen molar-refractivity contribution in [3.05, 3.63) is 54.6 Å². The van der Waals surface area contributed by atoms with Gasteiger partial charge in [-0.1, -0.05) is 30.3 Å². The molecule has 1 saturated heterocycles. The molecule has 1 aliphatic heterocycles. The second-order valence-corrected chi connectivity index (χ2v) is 7.08. The quantitative estimate of drug-likeness (QED) is 0.743. The Balaban J connectivity index is 1.58. The van der Waals surface area contributed by atoms with Crippen molar-refractivity contribution in [3.8, 4) is 5.75 Å². The Bertz CT molecular complexity index is 841. The minimum absolute atomic E-state index is 0.0762. The minimum Gasteiger partial charge on any atom is -0.492 e. The molecule has 0 unspecified atom stereocenters. The maximum atomic E-state index is 12.6. The Morgan fingerprint density at radius 1 is 1.15 bits per heavy atom. The number of imide groups is 1. The van der Waals surface area contributed by atoms with Gasteiger partial charge in [0.1, 0.15) is 5.75 Å². The van der Waals surface area contributed by atoms with E-state index in [-0.39, 0.29) is 29.9 Å². The zero-order chi connectivity index (χ0) is 19.2. The second kappa shape index (κ2) is 8.73. The van der Waals surface area contributed by atoms with Gasteiger partial charge in [0.25, 0.3) is 0 Å². The summed E-state index contributed by atoms with van der Waals surface area (Å²) in [5.41, 5.74) is 1.15. The Hall–Kier alpha value is -2.80. The molecular formula is C20H20N2O4S. The van der Waals surface area contributed by atoms with E-state index < -0.39 is 5.25 Å². The molecule has 27 heavy (non-hydrogen) atoms. The number of anilines is 2. The molecule has 0 bridgehead atoms. The predicted molar refractivity (Wildman–Crippen MR) is 106 cm³/mol. The van der Waals surface area contributed by atoms with Crippen molar-refractivity contribution in [3.63, 3.8) is 0 Å². The van der Waals surface area contributed by atoms with Crippen LogP contribution in [0.25, 0.3) is 0 Å². The Morgan fingerprint density at radius 3 is 2.59 bits per heavy atom. The lowest BCUT2D eigenvalue weighted by atomic mass is 10.3. The highest BCUT2D eigenvalue weighted by atomic mass is 32.2. The highest BCUT2D eigenvalue weighted by Crippen LogP contribution is 2.30. The molecule has 140 valence electrons. The number of nitrogens with zero attached hydrogens (tertiary/aromatic N) is 1. The topological polar surface area (TPSA) is 75.7 Å². The molecule has 1 heterocycles. The van der Waals surface area contributed by atoms with E-state index in [4.69, 9.17) is 4.74 Å². The molecule has 6 nitrogen and oxygen atoms in total. The summed E-state index contributed by atoms with van der Waals surface area (Å²) in [4.78, 5) is 38.2. The number of carbonyl (C=O) groups excluding carboxylic acids is 3. The number of ether oxygens (including phenoxy) is 1. The van der Waals surface area contributed by atoms with Crippen LogP contribution < -0.4 is 15.0 Å². The molecule has 2 aromatic rings. The van der Waals surface area contributed by atoms with Crippen LogP contribution in [-0.2, 0) is 14.4 Å². The molecule has 1 N–H and O–H groups in total. The molecule has 2 aromatic carbocycles. The molecule has 0 aromatic heterocycles. The molecule has 1 aliphatic rings. The fourth-order valence-electron chi connectivity index (χ4n) is 2.80. The maximum absolute atomic E-state index is 12.6. The van der Waals surface area contributed by atoms with Gasteiger partial charge in [0.15, 0.2) is 0 Å². The first-order valence-electron chi connectivity index (χ1n) is 8.65. The van der Waals surface area contributed by atoms with E-state index in [1.54, 1.807) is 36.4 Å². The second-order valence-electron chi connectivity index (χ2n) is 5.88. The molecule has 3 rings (SSSR count). The molecule has 1 fully saturated rings.